The second-order valence-corrected chi connectivity index (χ2v) is 5.57. The second-order valence-electron chi connectivity index (χ2n) is 4.45. The lowest BCUT2D eigenvalue weighted by Gasteiger charge is -2.29. The van der Waals surface area contributed by atoms with Gasteiger partial charge in [0.1, 0.15) is 0 Å². The van der Waals surface area contributed by atoms with Gasteiger partial charge < -0.3 is 5.32 Å². The van der Waals surface area contributed by atoms with Gasteiger partial charge in [-0.3, -0.25) is 4.90 Å². The van der Waals surface area contributed by atoms with Crippen LogP contribution in [0, 0.1) is 5.92 Å². The third-order valence-electron chi connectivity index (χ3n) is 2.91. The van der Waals surface area contributed by atoms with Crippen molar-refractivity contribution in [3.05, 3.63) is 11.1 Å². The predicted molar refractivity (Wildman–Crippen MR) is 70.4 cm³/mol. The summed E-state index contributed by atoms with van der Waals surface area (Å²) in [5, 5.41) is 3.42. The Bertz CT molecular complexity index is 188. The van der Waals surface area contributed by atoms with Crippen LogP contribution in [0.1, 0.15) is 26.2 Å². The molecule has 1 fully saturated rings. The summed E-state index contributed by atoms with van der Waals surface area (Å²) >= 11 is 3.46. The summed E-state index contributed by atoms with van der Waals surface area (Å²) in [6.45, 7) is 12.0. The van der Waals surface area contributed by atoms with E-state index in [1.54, 1.807) is 0 Å². The van der Waals surface area contributed by atoms with Gasteiger partial charge in [-0.1, -0.05) is 29.4 Å². The van der Waals surface area contributed by atoms with Crippen LogP contribution >= 0.6 is 15.9 Å². The van der Waals surface area contributed by atoms with E-state index in [2.05, 4.69) is 39.6 Å². The van der Waals surface area contributed by atoms with Crippen LogP contribution in [0.4, 0.5) is 0 Å². The molecule has 0 amide bonds. The fourth-order valence-corrected chi connectivity index (χ4v) is 2.58. The highest BCUT2D eigenvalue weighted by molar-refractivity contribution is 9.11. The van der Waals surface area contributed by atoms with E-state index in [0.29, 0.717) is 0 Å². The summed E-state index contributed by atoms with van der Waals surface area (Å²) in [4.78, 5) is 2.52. The van der Waals surface area contributed by atoms with Crippen molar-refractivity contribution < 1.29 is 0 Å². The molecule has 1 aliphatic heterocycles. The normalized spacial score (nSPS) is 18.3. The average Bonchev–Trinajstić information content (AvgIpc) is 2.18. The molecule has 1 N–H and O–H groups in total. The molecular formula is C12H23BrN2. The van der Waals surface area contributed by atoms with E-state index in [4.69, 9.17) is 0 Å². The summed E-state index contributed by atoms with van der Waals surface area (Å²) < 4.78 is 1.10. The number of hydrogen-bond donors (Lipinski definition) is 1. The van der Waals surface area contributed by atoms with E-state index in [1.165, 1.54) is 45.4 Å². The van der Waals surface area contributed by atoms with Crippen LogP contribution in [0.25, 0.3) is 0 Å². The van der Waals surface area contributed by atoms with Crippen molar-refractivity contribution >= 4 is 15.9 Å². The molecular weight excluding hydrogens is 252 g/mol. The zero-order valence-electron chi connectivity index (χ0n) is 9.77. The van der Waals surface area contributed by atoms with E-state index in [9.17, 15) is 0 Å². The van der Waals surface area contributed by atoms with Crippen LogP contribution in [0.15, 0.2) is 11.1 Å². The molecule has 0 bridgehead atoms. The van der Waals surface area contributed by atoms with Crippen LogP contribution in [-0.2, 0) is 0 Å². The molecule has 0 aromatic carbocycles. The van der Waals surface area contributed by atoms with Gasteiger partial charge in [-0.25, -0.2) is 0 Å². The SMILES string of the molecule is C=C(Br)CN(CCC)CC1CCNCC1. The van der Waals surface area contributed by atoms with Gasteiger partial charge in [0.05, 0.1) is 0 Å². The maximum absolute atomic E-state index is 3.93. The van der Waals surface area contributed by atoms with E-state index >= 15 is 0 Å². The standard InChI is InChI=1S/C12H23BrN2/c1-3-8-15(9-11(2)13)10-12-4-6-14-7-5-12/h12,14H,2-10H2,1H3. The summed E-state index contributed by atoms with van der Waals surface area (Å²) in [6.07, 6.45) is 3.88. The lowest BCUT2D eigenvalue weighted by molar-refractivity contribution is 0.221. The van der Waals surface area contributed by atoms with Gasteiger partial charge in [0.25, 0.3) is 0 Å². The Morgan fingerprint density at radius 2 is 2.13 bits per heavy atom. The first-order chi connectivity index (χ1) is 7.22. The number of piperidine rings is 1. The summed E-state index contributed by atoms with van der Waals surface area (Å²) in [5.41, 5.74) is 0. The van der Waals surface area contributed by atoms with Gasteiger partial charge in [0.2, 0.25) is 0 Å². The van der Waals surface area contributed by atoms with Crippen molar-refractivity contribution in [3.8, 4) is 0 Å². The topological polar surface area (TPSA) is 15.3 Å². The molecule has 3 heteroatoms. The number of halogens is 1. The smallest absolute Gasteiger partial charge is 0.0294 e. The molecule has 1 aliphatic rings. The number of nitrogens with zero attached hydrogens (tertiary/aromatic N) is 1. The van der Waals surface area contributed by atoms with E-state index in [0.717, 1.165) is 16.9 Å². The van der Waals surface area contributed by atoms with Gasteiger partial charge in [0.15, 0.2) is 0 Å². The Hall–Kier alpha value is 0.140. The first-order valence-electron chi connectivity index (χ1n) is 5.98. The van der Waals surface area contributed by atoms with Crippen molar-refractivity contribution in [3.63, 3.8) is 0 Å². The minimum absolute atomic E-state index is 0.879. The Balaban J connectivity index is 2.31. The highest BCUT2D eigenvalue weighted by atomic mass is 79.9. The number of rotatable bonds is 6. The molecule has 0 spiro atoms. The van der Waals surface area contributed by atoms with Crippen LogP contribution in [0.2, 0.25) is 0 Å². The van der Waals surface area contributed by atoms with E-state index in [1.807, 2.05) is 0 Å². The molecule has 0 aliphatic carbocycles. The highest BCUT2D eigenvalue weighted by Crippen LogP contribution is 2.15. The van der Waals surface area contributed by atoms with Gasteiger partial charge >= 0.3 is 0 Å². The summed E-state index contributed by atoms with van der Waals surface area (Å²) in [5.74, 6) is 0.879. The van der Waals surface area contributed by atoms with Crippen LogP contribution in [0.5, 0.6) is 0 Å². The molecule has 88 valence electrons. The zero-order valence-corrected chi connectivity index (χ0v) is 11.4. The molecule has 0 radical (unpaired) electrons. The van der Waals surface area contributed by atoms with Crippen molar-refractivity contribution in [2.45, 2.75) is 26.2 Å². The summed E-state index contributed by atoms with van der Waals surface area (Å²) in [6, 6.07) is 0. The average molecular weight is 275 g/mol. The Labute approximate surface area is 102 Å². The molecule has 0 aromatic heterocycles. The first kappa shape index (κ1) is 13.2. The monoisotopic (exact) mass is 274 g/mol. The minimum atomic E-state index is 0.879. The van der Waals surface area contributed by atoms with Gasteiger partial charge in [-0.15, -0.1) is 0 Å². The molecule has 0 unspecified atom stereocenters. The van der Waals surface area contributed by atoms with E-state index in [-0.39, 0.29) is 0 Å². The van der Waals surface area contributed by atoms with Crippen molar-refractivity contribution in [1.82, 2.24) is 10.2 Å². The molecule has 1 heterocycles. The fourth-order valence-electron chi connectivity index (χ4n) is 2.22. The number of hydrogen-bond acceptors (Lipinski definition) is 2. The van der Waals surface area contributed by atoms with E-state index < -0.39 is 0 Å². The molecule has 0 aromatic rings. The van der Waals surface area contributed by atoms with Gasteiger partial charge in [-0.05, 0) is 44.8 Å². The van der Waals surface area contributed by atoms with Crippen LogP contribution < -0.4 is 5.32 Å². The van der Waals surface area contributed by atoms with Crippen molar-refractivity contribution in [2.24, 2.45) is 5.92 Å². The predicted octanol–water partition coefficient (Wildman–Crippen LogP) is 2.61. The van der Waals surface area contributed by atoms with Crippen molar-refractivity contribution in [2.75, 3.05) is 32.7 Å². The van der Waals surface area contributed by atoms with Crippen molar-refractivity contribution in [1.29, 1.82) is 0 Å². The quantitative estimate of drug-likeness (QED) is 0.801. The molecule has 2 nitrogen and oxygen atoms in total. The van der Waals surface area contributed by atoms with Crippen LogP contribution in [-0.4, -0.2) is 37.6 Å². The maximum Gasteiger partial charge on any atom is 0.0294 e. The third-order valence-corrected chi connectivity index (χ3v) is 3.16. The second kappa shape index (κ2) is 7.42. The molecule has 1 saturated heterocycles. The molecule has 0 atom stereocenters. The maximum atomic E-state index is 3.93. The van der Waals surface area contributed by atoms with Gasteiger partial charge in [0, 0.05) is 17.6 Å². The first-order valence-corrected chi connectivity index (χ1v) is 6.78. The largest absolute Gasteiger partial charge is 0.317 e. The molecule has 0 saturated carbocycles. The molecule has 15 heavy (non-hydrogen) atoms. The third kappa shape index (κ3) is 5.69. The lowest BCUT2D eigenvalue weighted by Crippen LogP contribution is -2.37. The Morgan fingerprint density at radius 3 is 2.67 bits per heavy atom. The zero-order chi connectivity index (χ0) is 11.1. The summed E-state index contributed by atoms with van der Waals surface area (Å²) in [7, 11) is 0. The Morgan fingerprint density at radius 1 is 1.47 bits per heavy atom. The van der Waals surface area contributed by atoms with Crippen LogP contribution in [0.3, 0.4) is 0 Å². The minimum Gasteiger partial charge on any atom is -0.317 e. The number of nitrogens with one attached hydrogen (secondary N) is 1. The highest BCUT2D eigenvalue weighted by Gasteiger charge is 2.16. The lowest BCUT2D eigenvalue weighted by atomic mass is 9.97. The molecule has 1 rings (SSSR count). The Kier molecular flexibility index (Phi) is 6.53. The fraction of sp³-hybridized carbons (Fsp3) is 0.833. The van der Waals surface area contributed by atoms with Gasteiger partial charge in [-0.2, -0.15) is 0 Å².